The van der Waals surface area contributed by atoms with Crippen LogP contribution in [0.15, 0.2) is 36.7 Å². The van der Waals surface area contributed by atoms with E-state index in [0.717, 1.165) is 35.7 Å². The summed E-state index contributed by atoms with van der Waals surface area (Å²) in [6.45, 7) is 3.03. The van der Waals surface area contributed by atoms with Gasteiger partial charge in [0.1, 0.15) is 5.78 Å². The molecule has 7 heteroatoms. The summed E-state index contributed by atoms with van der Waals surface area (Å²) in [7, 11) is 0. The molecule has 1 aliphatic heterocycles. The number of nitrogens with zero attached hydrogens (tertiary/aromatic N) is 3. The Morgan fingerprint density at radius 2 is 1.92 bits per heavy atom. The largest absolute Gasteiger partial charge is 0.387 e. The van der Waals surface area contributed by atoms with Gasteiger partial charge < -0.3 is 15.4 Å². The van der Waals surface area contributed by atoms with Gasteiger partial charge in [-0.05, 0) is 17.5 Å². The number of nitrogens with two attached hydrogens (primary N) is 1. The molecule has 0 spiro atoms. The second kappa shape index (κ2) is 8.53. The van der Waals surface area contributed by atoms with E-state index in [0.29, 0.717) is 26.1 Å². The summed E-state index contributed by atoms with van der Waals surface area (Å²) in [5.41, 5.74) is 8.30. The molecule has 0 radical (unpaired) electrons. The Morgan fingerprint density at radius 1 is 1.19 bits per heavy atom. The summed E-state index contributed by atoms with van der Waals surface area (Å²) in [6, 6.07) is 8.02. The molecular formula is C19H23N5O2. The summed E-state index contributed by atoms with van der Waals surface area (Å²) >= 11 is 0. The van der Waals surface area contributed by atoms with E-state index < -0.39 is 0 Å². The van der Waals surface area contributed by atoms with Crippen LogP contribution in [0.3, 0.4) is 0 Å². The highest BCUT2D eigenvalue weighted by atomic mass is 16.5. The zero-order chi connectivity index (χ0) is 18.4. The third-order valence-electron chi connectivity index (χ3n) is 4.27. The monoisotopic (exact) mass is 353 g/mol. The van der Waals surface area contributed by atoms with Gasteiger partial charge in [0.25, 0.3) is 0 Å². The van der Waals surface area contributed by atoms with Crippen LogP contribution in [-0.2, 0) is 16.0 Å². The smallest absolute Gasteiger partial charge is 0.225 e. The molecule has 0 amide bonds. The van der Waals surface area contributed by atoms with Crippen molar-refractivity contribution in [3.8, 4) is 11.1 Å². The number of carbonyl (C=O) groups is 1. The second-order valence-corrected chi connectivity index (χ2v) is 6.31. The maximum Gasteiger partial charge on any atom is 0.225 e. The van der Waals surface area contributed by atoms with Crippen LogP contribution in [0.4, 0.5) is 5.95 Å². The maximum atomic E-state index is 11.7. The lowest BCUT2D eigenvalue weighted by molar-refractivity contribution is -0.117. The quantitative estimate of drug-likeness (QED) is 0.581. The van der Waals surface area contributed by atoms with Gasteiger partial charge in [-0.25, -0.2) is 9.97 Å². The number of hydrogen-bond donors (Lipinski definition) is 2. The fourth-order valence-corrected chi connectivity index (χ4v) is 2.89. The number of Topliss-reactive ketones (excluding diaryl/α,β-unsaturated/α-hetero) is 1. The first-order chi connectivity index (χ1) is 12.6. The van der Waals surface area contributed by atoms with Gasteiger partial charge >= 0.3 is 0 Å². The molecule has 3 N–H and O–H groups in total. The number of benzene rings is 1. The average Bonchev–Trinajstić information content (AvgIpc) is 2.67. The van der Waals surface area contributed by atoms with Gasteiger partial charge in [-0.2, -0.15) is 0 Å². The molecule has 1 aliphatic rings. The fourth-order valence-electron chi connectivity index (χ4n) is 2.89. The Morgan fingerprint density at radius 3 is 2.62 bits per heavy atom. The van der Waals surface area contributed by atoms with Gasteiger partial charge in [-0.1, -0.05) is 24.3 Å². The SMILES string of the molecule is N=C(N)CC(=O)CCc1cccc(-c2cnc(N3CCOCC3)nc2)c1. The van der Waals surface area contributed by atoms with E-state index >= 15 is 0 Å². The van der Waals surface area contributed by atoms with Gasteiger partial charge in [-0.3, -0.25) is 10.2 Å². The Bertz CT molecular complexity index is 770. The van der Waals surface area contributed by atoms with Crippen LogP contribution in [0.2, 0.25) is 0 Å². The molecule has 2 aromatic rings. The van der Waals surface area contributed by atoms with Gasteiger partial charge in [0.15, 0.2) is 0 Å². The number of anilines is 1. The minimum Gasteiger partial charge on any atom is -0.387 e. The molecule has 0 aliphatic carbocycles. The van der Waals surface area contributed by atoms with E-state index in [-0.39, 0.29) is 18.0 Å². The number of ketones is 1. The number of morpholine rings is 1. The minimum atomic E-state index is -0.0822. The first-order valence-electron chi connectivity index (χ1n) is 8.70. The van der Waals surface area contributed by atoms with Gasteiger partial charge in [0, 0.05) is 37.5 Å². The van der Waals surface area contributed by atoms with E-state index in [1.807, 2.05) is 36.7 Å². The molecule has 7 nitrogen and oxygen atoms in total. The lowest BCUT2D eigenvalue weighted by Crippen LogP contribution is -2.37. The average molecular weight is 353 g/mol. The first-order valence-corrected chi connectivity index (χ1v) is 8.70. The first kappa shape index (κ1) is 18.0. The number of amidine groups is 1. The van der Waals surface area contributed by atoms with Crippen molar-refractivity contribution in [1.82, 2.24) is 9.97 Å². The molecule has 136 valence electrons. The van der Waals surface area contributed by atoms with Crippen molar-refractivity contribution < 1.29 is 9.53 Å². The van der Waals surface area contributed by atoms with Crippen molar-refractivity contribution in [2.75, 3.05) is 31.2 Å². The number of aryl methyl sites for hydroxylation is 1. The third kappa shape index (κ3) is 4.86. The highest BCUT2D eigenvalue weighted by Gasteiger charge is 2.13. The van der Waals surface area contributed by atoms with Crippen molar-refractivity contribution >= 4 is 17.6 Å². The summed E-state index contributed by atoms with van der Waals surface area (Å²) in [5.74, 6) is 0.630. The summed E-state index contributed by atoms with van der Waals surface area (Å²) < 4.78 is 5.35. The molecule has 1 aromatic heterocycles. The van der Waals surface area contributed by atoms with Crippen LogP contribution >= 0.6 is 0 Å². The van der Waals surface area contributed by atoms with Gasteiger partial charge in [0.05, 0.1) is 25.5 Å². The number of carbonyl (C=O) groups excluding carboxylic acids is 1. The minimum absolute atomic E-state index is 0.0129. The summed E-state index contributed by atoms with van der Waals surface area (Å²) in [4.78, 5) is 22.8. The molecule has 0 atom stereocenters. The Labute approximate surface area is 152 Å². The van der Waals surface area contributed by atoms with E-state index in [9.17, 15) is 4.79 Å². The van der Waals surface area contributed by atoms with Crippen molar-refractivity contribution in [1.29, 1.82) is 5.41 Å². The molecule has 0 saturated carbocycles. The number of rotatable bonds is 7. The molecule has 0 unspecified atom stereocenters. The molecule has 1 fully saturated rings. The van der Waals surface area contributed by atoms with Crippen molar-refractivity contribution in [2.45, 2.75) is 19.3 Å². The van der Waals surface area contributed by atoms with Crippen LogP contribution in [0.25, 0.3) is 11.1 Å². The topological polar surface area (TPSA) is 105 Å². The summed E-state index contributed by atoms with van der Waals surface area (Å²) in [5, 5.41) is 7.18. The lowest BCUT2D eigenvalue weighted by Gasteiger charge is -2.26. The Balaban J connectivity index is 1.65. The predicted molar refractivity (Wildman–Crippen MR) is 100 cm³/mol. The van der Waals surface area contributed by atoms with E-state index in [4.69, 9.17) is 15.9 Å². The number of ether oxygens (including phenoxy) is 1. The van der Waals surface area contributed by atoms with E-state index in [2.05, 4.69) is 14.9 Å². The van der Waals surface area contributed by atoms with Crippen molar-refractivity contribution in [2.24, 2.45) is 5.73 Å². The predicted octanol–water partition coefficient (Wildman–Crippen LogP) is 1.81. The van der Waals surface area contributed by atoms with Crippen LogP contribution < -0.4 is 10.6 Å². The van der Waals surface area contributed by atoms with Crippen molar-refractivity contribution in [3.63, 3.8) is 0 Å². The van der Waals surface area contributed by atoms with Crippen LogP contribution in [0, 0.1) is 5.41 Å². The third-order valence-corrected chi connectivity index (χ3v) is 4.27. The van der Waals surface area contributed by atoms with Gasteiger partial charge in [-0.15, -0.1) is 0 Å². The van der Waals surface area contributed by atoms with Crippen LogP contribution in [-0.4, -0.2) is 47.9 Å². The Hall–Kier alpha value is -2.80. The highest BCUT2D eigenvalue weighted by Crippen LogP contribution is 2.21. The van der Waals surface area contributed by atoms with Crippen molar-refractivity contribution in [3.05, 3.63) is 42.2 Å². The number of aromatic nitrogens is 2. The van der Waals surface area contributed by atoms with E-state index in [1.54, 1.807) is 0 Å². The van der Waals surface area contributed by atoms with E-state index in [1.165, 1.54) is 0 Å². The van der Waals surface area contributed by atoms with Crippen LogP contribution in [0.1, 0.15) is 18.4 Å². The molecule has 26 heavy (non-hydrogen) atoms. The molecule has 2 heterocycles. The molecule has 0 bridgehead atoms. The second-order valence-electron chi connectivity index (χ2n) is 6.31. The zero-order valence-electron chi connectivity index (χ0n) is 14.6. The van der Waals surface area contributed by atoms with Crippen LogP contribution in [0.5, 0.6) is 0 Å². The standard InChI is InChI=1S/C19H23N5O2/c20-18(21)11-17(25)5-4-14-2-1-3-15(10-14)16-12-22-19(23-13-16)24-6-8-26-9-7-24/h1-3,10,12-13H,4-9,11H2,(H3,20,21). The van der Waals surface area contributed by atoms with Gasteiger partial charge in [0.2, 0.25) is 5.95 Å². The normalized spacial score (nSPS) is 14.2. The summed E-state index contributed by atoms with van der Waals surface area (Å²) in [6.07, 6.45) is 4.70. The molecule has 1 saturated heterocycles. The highest BCUT2D eigenvalue weighted by molar-refractivity contribution is 5.98. The lowest BCUT2D eigenvalue weighted by atomic mass is 10.0. The number of hydrogen-bond acceptors (Lipinski definition) is 6. The zero-order valence-corrected chi connectivity index (χ0v) is 14.6. The maximum absolute atomic E-state index is 11.7. The fraction of sp³-hybridized carbons (Fsp3) is 0.368. The molecule has 1 aromatic carbocycles. The Kier molecular flexibility index (Phi) is 5.91. The number of nitrogens with one attached hydrogen (secondary N) is 1. The molecule has 3 rings (SSSR count). The molecular weight excluding hydrogens is 330 g/mol.